The van der Waals surface area contributed by atoms with Crippen molar-refractivity contribution in [2.75, 3.05) is 0 Å². The first-order chi connectivity index (χ1) is 13.3. The van der Waals surface area contributed by atoms with Crippen LogP contribution in [0, 0.1) is 0 Å². The van der Waals surface area contributed by atoms with Crippen molar-refractivity contribution in [3.05, 3.63) is 72.1 Å². The van der Waals surface area contributed by atoms with Gasteiger partial charge in [-0.05, 0) is 29.6 Å². The van der Waals surface area contributed by atoms with Crippen molar-refractivity contribution in [3.63, 3.8) is 0 Å². The van der Waals surface area contributed by atoms with E-state index in [0.29, 0.717) is 0 Å². The van der Waals surface area contributed by atoms with Crippen LogP contribution in [0.25, 0.3) is 54.1 Å². The third-order valence-corrected chi connectivity index (χ3v) is 6.74. The Morgan fingerprint density at radius 2 is 1.33 bits per heavy atom. The summed E-state index contributed by atoms with van der Waals surface area (Å²) in [5, 5.41) is 7.52. The number of hydrogen-bond acceptors (Lipinski definition) is 1. The fourth-order valence-corrected chi connectivity index (χ4v) is 5.37. The van der Waals surface area contributed by atoms with Crippen LogP contribution in [-0.2, 0) is 14.1 Å². The van der Waals surface area contributed by atoms with Gasteiger partial charge in [0.1, 0.15) is 0 Å². The number of fused-ring (bicyclic) bond motifs is 7. The first-order valence-electron chi connectivity index (χ1n) is 9.17. The summed E-state index contributed by atoms with van der Waals surface area (Å²) in [6.45, 7) is 0. The van der Waals surface area contributed by atoms with Gasteiger partial charge in [0.25, 0.3) is 0 Å². The molecule has 130 valence electrons. The van der Waals surface area contributed by atoms with Gasteiger partial charge in [0.05, 0.1) is 11.0 Å². The summed E-state index contributed by atoms with van der Waals surface area (Å²) in [5.74, 6) is 0. The Kier molecular flexibility index (Phi) is 2.92. The first-order valence-corrected chi connectivity index (χ1v) is 10.0. The Morgan fingerprint density at radius 3 is 2.04 bits per heavy atom. The summed E-state index contributed by atoms with van der Waals surface area (Å²) >= 11 is 1.81. The molecule has 0 saturated carbocycles. The van der Waals surface area contributed by atoms with E-state index in [4.69, 9.17) is 0 Å². The average Bonchev–Trinajstić information content (AvgIpc) is 3.40. The van der Waals surface area contributed by atoms with Gasteiger partial charge in [0.15, 0.2) is 0 Å². The largest absolute Gasteiger partial charge is 0.344 e. The minimum Gasteiger partial charge on any atom is -0.344 e. The van der Waals surface area contributed by atoms with Crippen LogP contribution < -0.4 is 0 Å². The standard InChI is InChI=1S/C24H18N2S/c1-25-18-10-5-4-9-16(18)23-20(25)14-17(21-12-7-13-27-21)22-15-8-3-6-11-19(15)26(2)24(22)23/h3-14H,1-2H3. The number of rotatable bonds is 1. The Labute approximate surface area is 160 Å². The van der Waals surface area contributed by atoms with Crippen LogP contribution in [0.4, 0.5) is 0 Å². The Hall–Kier alpha value is -3.04. The highest BCUT2D eigenvalue weighted by Gasteiger charge is 2.20. The van der Waals surface area contributed by atoms with Gasteiger partial charge in [-0.3, -0.25) is 0 Å². The summed E-state index contributed by atoms with van der Waals surface area (Å²) < 4.78 is 4.70. The van der Waals surface area contributed by atoms with E-state index >= 15 is 0 Å². The monoisotopic (exact) mass is 366 g/mol. The molecular formula is C24H18N2S. The predicted molar refractivity (Wildman–Crippen MR) is 118 cm³/mol. The SMILES string of the molecule is Cn1c2ccccc2c2c1cc(-c1cccs1)c1c3ccccc3n(C)c12. The van der Waals surface area contributed by atoms with Gasteiger partial charge >= 0.3 is 0 Å². The zero-order chi connectivity index (χ0) is 18.1. The molecule has 0 amide bonds. The molecule has 0 unspecified atom stereocenters. The molecular weight excluding hydrogens is 348 g/mol. The summed E-state index contributed by atoms with van der Waals surface area (Å²) in [7, 11) is 4.38. The molecule has 0 radical (unpaired) electrons. The third-order valence-electron chi connectivity index (χ3n) is 5.83. The molecule has 0 bridgehead atoms. The number of nitrogens with zero attached hydrogens (tertiary/aromatic N) is 2. The van der Waals surface area contributed by atoms with Gasteiger partial charge in [-0.15, -0.1) is 11.3 Å². The van der Waals surface area contributed by atoms with Crippen molar-refractivity contribution < 1.29 is 0 Å². The minimum atomic E-state index is 1.28. The van der Waals surface area contributed by atoms with Gasteiger partial charge in [0, 0.05) is 57.1 Å². The van der Waals surface area contributed by atoms with E-state index in [9.17, 15) is 0 Å². The van der Waals surface area contributed by atoms with Crippen LogP contribution in [0.1, 0.15) is 0 Å². The minimum absolute atomic E-state index is 1.28. The molecule has 27 heavy (non-hydrogen) atoms. The molecule has 3 aromatic heterocycles. The molecule has 0 aliphatic carbocycles. The molecule has 3 heterocycles. The second-order valence-electron chi connectivity index (χ2n) is 7.17. The third kappa shape index (κ3) is 1.84. The maximum atomic E-state index is 2.38. The second kappa shape index (κ2) is 5.24. The van der Waals surface area contributed by atoms with E-state index in [1.54, 1.807) is 0 Å². The maximum absolute atomic E-state index is 2.38. The number of aromatic nitrogens is 2. The van der Waals surface area contributed by atoms with Crippen molar-refractivity contribution in [2.45, 2.75) is 0 Å². The lowest BCUT2D eigenvalue weighted by Crippen LogP contribution is -1.90. The van der Waals surface area contributed by atoms with Crippen LogP contribution in [-0.4, -0.2) is 9.13 Å². The van der Waals surface area contributed by atoms with Crippen molar-refractivity contribution in [1.29, 1.82) is 0 Å². The molecule has 0 fully saturated rings. The fraction of sp³-hybridized carbons (Fsp3) is 0.0833. The highest BCUT2D eigenvalue weighted by atomic mass is 32.1. The van der Waals surface area contributed by atoms with E-state index in [0.717, 1.165) is 0 Å². The summed E-state index contributed by atoms with van der Waals surface area (Å²) in [5.41, 5.74) is 6.51. The molecule has 6 aromatic rings. The second-order valence-corrected chi connectivity index (χ2v) is 8.12. The lowest BCUT2D eigenvalue weighted by Gasteiger charge is -2.07. The van der Waals surface area contributed by atoms with Crippen molar-refractivity contribution in [1.82, 2.24) is 9.13 Å². The zero-order valence-electron chi connectivity index (χ0n) is 15.2. The van der Waals surface area contributed by atoms with Gasteiger partial charge in [-0.25, -0.2) is 0 Å². The molecule has 0 spiro atoms. The van der Waals surface area contributed by atoms with E-state index in [1.165, 1.54) is 54.1 Å². The maximum Gasteiger partial charge on any atom is 0.0596 e. The van der Waals surface area contributed by atoms with Gasteiger partial charge in [-0.1, -0.05) is 42.5 Å². The van der Waals surface area contributed by atoms with Crippen LogP contribution in [0.5, 0.6) is 0 Å². The van der Waals surface area contributed by atoms with Gasteiger partial charge in [-0.2, -0.15) is 0 Å². The van der Waals surface area contributed by atoms with Crippen LogP contribution in [0.2, 0.25) is 0 Å². The average molecular weight is 366 g/mol. The van der Waals surface area contributed by atoms with E-state index in [2.05, 4.69) is 95.3 Å². The van der Waals surface area contributed by atoms with Crippen molar-refractivity contribution in [2.24, 2.45) is 14.1 Å². The molecule has 0 N–H and O–H groups in total. The number of hydrogen-bond donors (Lipinski definition) is 0. The van der Waals surface area contributed by atoms with Crippen LogP contribution in [0.3, 0.4) is 0 Å². The lowest BCUT2D eigenvalue weighted by molar-refractivity contribution is 1.01. The van der Waals surface area contributed by atoms with E-state index in [-0.39, 0.29) is 0 Å². The van der Waals surface area contributed by atoms with Gasteiger partial charge in [0.2, 0.25) is 0 Å². The fourth-order valence-electron chi connectivity index (χ4n) is 4.62. The number of thiophene rings is 1. The summed E-state index contributed by atoms with van der Waals surface area (Å²) in [4.78, 5) is 1.32. The molecule has 0 saturated heterocycles. The van der Waals surface area contributed by atoms with Crippen molar-refractivity contribution >= 4 is 54.9 Å². The summed E-state index contributed by atoms with van der Waals surface area (Å²) in [6.07, 6.45) is 0. The number of benzene rings is 3. The number of aryl methyl sites for hydroxylation is 2. The summed E-state index contributed by atoms with van der Waals surface area (Å²) in [6, 6.07) is 24.3. The molecule has 6 rings (SSSR count). The van der Waals surface area contributed by atoms with Crippen LogP contribution >= 0.6 is 11.3 Å². The highest BCUT2D eigenvalue weighted by Crippen LogP contribution is 2.44. The van der Waals surface area contributed by atoms with Crippen molar-refractivity contribution in [3.8, 4) is 10.4 Å². The molecule has 0 aliphatic rings. The Bertz CT molecular complexity index is 1480. The highest BCUT2D eigenvalue weighted by molar-refractivity contribution is 7.13. The van der Waals surface area contributed by atoms with Crippen LogP contribution in [0.15, 0.2) is 72.1 Å². The van der Waals surface area contributed by atoms with E-state index < -0.39 is 0 Å². The van der Waals surface area contributed by atoms with Gasteiger partial charge < -0.3 is 9.13 Å². The lowest BCUT2D eigenvalue weighted by atomic mass is 10.0. The topological polar surface area (TPSA) is 9.86 Å². The van der Waals surface area contributed by atoms with E-state index in [1.807, 2.05) is 11.3 Å². The molecule has 3 heteroatoms. The zero-order valence-corrected chi connectivity index (χ0v) is 16.0. The quantitative estimate of drug-likeness (QED) is 0.306. The Morgan fingerprint density at radius 1 is 0.667 bits per heavy atom. The number of para-hydroxylation sites is 2. The molecule has 3 aromatic carbocycles. The molecule has 0 atom stereocenters. The smallest absolute Gasteiger partial charge is 0.0596 e. The molecule has 0 aliphatic heterocycles. The predicted octanol–water partition coefficient (Wildman–Crippen LogP) is 6.70. The molecule has 2 nitrogen and oxygen atoms in total. The normalized spacial score (nSPS) is 12.1. The Balaban J connectivity index is 2.00. The first kappa shape index (κ1) is 15.1.